The molecule has 3 aromatic rings. The van der Waals surface area contributed by atoms with Crippen LogP contribution in [-0.2, 0) is 24.2 Å². The summed E-state index contributed by atoms with van der Waals surface area (Å²) >= 11 is 0. The summed E-state index contributed by atoms with van der Waals surface area (Å²) in [6, 6.07) is 17.9. The van der Waals surface area contributed by atoms with Gasteiger partial charge in [0.1, 0.15) is 0 Å². The molecule has 1 aliphatic rings. The van der Waals surface area contributed by atoms with Crippen LogP contribution >= 0.6 is 0 Å². The predicted molar refractivity (Wildman–Crippen MR) is 95.4 cm³/mol. The van der Waals surface area contributed by atoms with Crippen molar-refractivity contribution in [1.82, 2.24) is 9.88 Å². The molecule has 4 rings (SSSR count). The highest BCUT2D eigenvalue weighted by Crippen LogP contribution is 2.20. The molecule has 120 valence electrons. The van der Waals surface area contributed by atoms with Gasteiger partial charge in [-0.25, -0.2) is 0 Å². The van der Waals surface area contributed by atoms with Gasteiger partial charge in [0, 0.05) is 24.2 Å². The van der Waals surface area contributed by atoms with E-state index in [2.05, 4.69) is 23.2 Å². The van der Waals surface area contributed by atoms with Gasteiger partial charge in [0.05, 0.1) is 17.6 Å². The highest BCUT2D eigenvalue weighted by molar-refractivity contribution is 5.83. The molecule has 2 N–H and O–H groups in total. The van der Waals surface area contributed by atoms with E-state index < -0.39 is 0 Å². The van der Waals surface area contributed by atoms with Crippen molar-refractivity contribution >= 4 is 22.5 Å². The fourth-order valence-corrected chi connectivity index (χ4v) is 3.26. The Bertz CT molecular complexity index is 920. The lowest BCUT2D eigenvalue weighted by molar-refractivity contribution is -0.131. The number of nitrogen functional groups attached to an aromatic ring is 1. The molecular formula is C20H19N3O. The number of amides is 1. The highest BCUT2D eigenvalue weighted by atomic mass is 16.2. The number of rotatable bonds is 2. The first-order valence-corrected chi connectivity index (χ1v) is 8.19. The van der Waals surface area contributed by atoms with Crippen molar-refractivity contribution in [3.8, 4) is 0 Å². The summed E-state index contributed by atoms with van der Waals surface area (Å²) in [5.74, 6) is 0.131. The van der Waals surface area contributed by atoms with Gasteiger partial charge in [0.25, 0.3) is 0 Å². The van der Waals surface area contributed by atoms with Gasteiger partial charge in [0.15, 0.2) is 0 Å². The zero-order valence-corrected chi connectivity index (χ0v) is 13.4. The first-order chi connectivity index (χ1) is 11.7. The minimum Gasteiger partial charge on any atom is -0.399 e. The minimum absolute atomic E-state index is 0.131. The Hall–Kier alpha value is -2.88. The molecule has 0 unspecified atom stereocenters. The maximum absolute atomic E-state index is 12.6. The fraction of sp³-hybridized carbons (Fsp3) is 0.200. The second-order valence-electron chi connectivity index (χ2n) is 6.27. The van der Waals surface area contributed by atoms with Crippen molar-refractivity contribution in [2.75, 3.05) is 12.3 Å². The quantitative estimate of drug-likeness (QED) is 0.739. The van der Waals surface area contributed by atoms with Crippen LogP contribution in [0.1, 0.15) is 16.8 Å². The van der Waals surface area contributed by atoms with Crippen molar-refractivity contribution in [1.29, 1.82) is 0 Å². The maximum Gasteiger partial charge on any atom is 0.228 e. The molecule has 1 aromatic heterocycles. The minimum atomic E-state index is 0.131. The number of nitrogens with two attached hydrogens (primary N) is 1. The summed E-state index contributed by atoms with van der Waals surface area (Å²) in [7, 11) is 0. The number of hydrogen-bond donors (Lipinski definition) is 1. The predicted octanol–water partition coefficient (Wildman–Crippen LogP) is 2.94. The van der Waals surface area contributed by atoms with E-state index in [4.69, 9.17) is 5.73 Å². The molecule has 2 aromatic carbocycles. The Morgan fingerprint density at radius 3 is 2.79 bits per heavy atom. The number of aromatic nitrogens is 1. The lowest BCUT2D eigenvalue weighted by Crippen LogP contribution is -2.37. The largest absolute Gasteiger partial charge is 0.399 e. The van der Waals surface area contributed by atoms with Crippen LogP contribution in [0, 0.1) is 0 Å². The third-order valence-electron chi connectivity index (χ3n) is 4.59. The van der Waals surface area contributed by atoms with Crippen LogP contribution in [0.15, 0.2) is 54.6 Å². The Morgan fingerprint density at radius 2 is 1.92 bits per heavy atom. The Balaban J connectivity index is 1.51. The smallest absolute Gasteiger partial charge is 0.228 e. The van der Waals surface area contributed by atoms with E-state index in [0.29, 0.717) is 13.0 Å². The van der Waals surface area contributed by atoms with E-state index in [-0.39, 0.29) is 5.91 Å². The third kappa shape index (κ3) is 2.83. The molecule has 4 heteroatoms. The Kier molecular flexibility index (Phi) is 3.65. The third-order valence-corrected chi connectivity index (χ3v) is 4.59. The number of benzene rings is 2. The van der Waals surface area contributed by atoms with Crippen LogP contribution in [0.2, 0.25) is 0 Å². The van der Waals surface area contributed by atoms with Gasteiger partial charge in [-0.3, -0.25) is 9.78 Å². The summed E-state index contributed by atoms with van der Waals surface area (Å²) < 4.78 is 0. The average molecular weight is 317 g/mol. The molecule has 24 heavy (non-hydrogen) atoms. The van der Waals surface area contributed by atoms with E-state index in [1.54, 1.807) is 0 Å². The second-order valence-corrected chi connectivity index (χ2v) is 6.27. The number of carbonyl (C=O) groups excluding carboxylic acids is 1. The number of hydrogen-bond acceptors (Lipinski definition) is 3. The van der Waals surface area contributed by atoms with Crippen LogP contribution in [-0.4, -0.2) is 22.3 Å². The SMILES string of the molecule is Nc1ccc2nc(CC(=O)N3CCc4ccccc4C3)ccc2c1. The fourth-order valence-electron chi connectivity index (χ4n) is 3.26. The molecule has 4 nitrogen and oxygen atoms in total. The highest BCUT2D eigenvalue weighted by Gasteiger charge is 2.20. The number of carbonyl (C=O) groups is 1. The summed E-state index contributed by atoms with van der Waals surface area (Å²) in [6.07, 6.45) is 1.26. The van der Waals surface area contributed by atoms with Gasteiger partial charge < -0.3 is 10.6 Å². The van der Waals surface area contributed by atoms with Gasteiger partial charge in [-0.15, -0.1) is 0 Å². The summed E-state index contributed by atoms with van der Waals surface area (Å²) in [4.78, 5) is 19.2. The van der Waals surface area contributed by atoms with Gasteiger partial charge >= 0.3 is 0 Å². The zero-order chi connectivity index (χ0) is 16.5. The summed E-state index contributed by atoms with van der Waals surface area (Å²) in [5, 5.41) is 0.998. The average Bonchev–Trinajstić information content (AvgIpc) is 2.61. The topological polar surface area (TPSA) is 59.2 Å². The molecule has 0 fully saturated rings. The van der Waals surface area contributed by atoms with Gasteiger partial charge in [0.2, 0.25) is 5.91 Å². The van der Waals surface area contributed by atoms with Gasteiger partial charge in [-0.05, 0) is 41.8 Å². The Labute approximate surface area is 140 Å². The van der Waals surface area contributed by atoms with E-state index in [0.717, 1.165) is 35.2 Å². The number of fused-ring (bicyclic) bond motifs is 2. The molecule has 0 radical (unpaired) electrons. The molecular weight excluding hydrogens is 298 g/mol. The van der Waals surface area contributed by atoms with Crippen molar-refractivity contribution in [2.45, 2.75) is 19.4 Å². The van der Waals surface area contributed by atoms with E-state index in [9.17, 15) is 4.79 Å². The first-order valence-electron chi connectivity index (χ1n) is 8.19. The maximum atomic E-state index is 12.6. The molecule has 1 amide bonds. The number of pyridine rings is 1. The van der Waals surface area contributed by atoms with Crippen LogP contribution in [0.3, 0.4) is 0 Å². The number of nitrogens with zero attached hydrogens (tertiary/aromatic N) is 2. The molecule has 0 atom stereocenters. The molecule has 0 bridgehead atoms. The summed E-state index contributed by atoms with van der Waals surface area (Å²) in [5.41, 5.74) is 10.8. The zero-order valence-electron chi connectivity index (χ0n) is 13.4. The molecule has 0 saturated carbocycles. The summed E-state index contributed by atoms with van der Waals surface area (Å²) in [6.45, 7) is 1.47. The van der Waals surface area contributed by atoms with E-state index in [1.165, 1.54) is 11.1 Å². The lowest BCUT2D eigenvalue weighted by atomic mass is 9.99. The van der Waals surface area contributed by atoms with Crippen LogP contribution in [0.5, 0.6) is 0 Å². The van der Waals surface area contributed by atoms with Crippen molar-refractivity contribution in [3.63, 3.8) is 0 Å². The Morgan fingerprint density at radius 1 is 1.08 bits per heavy atom. The first kappa shape index (κ1) is 14.7. The molecule has 0 saturated heterocycles. The van der Waals surface area contributed by atoms with Crippen LogP contribution < -0.4 is 5.73 Å². The molecule has 1 aliphatic heterocycles. The standard InChI is InChI=1S/C20H19N3O/c21-17-6-8-19-15(11-17)5-7-18(22-19)12-20(24)23-10-9-14-3-1-2-4-16(14)13-23/h1-8,11H,9-10,12-13,21H2. The van der Waals surface area contributed by atoms with Crippen molar-refractivity contribution < 1.29 is 4.79 Å². The van der Waals surface area contributed by atoms with Gasteiger partial charge in [-0.2, -0.15) is 0 Å². The van der Waals surface area contributed by atoms with Crippen LogP contribution in [0.4, 0.5) is 5.69 Å². The monoisotopic (exact) mass is 317 g/mol. The number of anilines is 1. The van der Waals surface area contributed by atoms with Crippen molar-refractivity contribution in [2.24, 2.45) is 0 Å². The normalized spacial score (nSPS) is 13.8. The van der Waals surface area contributed by atoms with Crippen LogP contribution in [0.25, 0.3) is 10.9 Å². The molecule has 0 spiro atoms. The van der Waals surface area contributed by atoms with E-state index in [1.807, 2.05) is 41.3 Å². The molecule has 0 aliphatic carbocycles. The second kappa shape index (κ2) is 5.96. The molecule has 2 heterocycles. The van der Waals surface area contributed by atoms with E-state index >= 15 is 0 Å². The lowest BCUT2D eigenvalue weighted by Gasteiger charge is -2.28. The van der Waals surface area contributed by atoms with Crippen molar-refractivity contribution in [3.05, 3.63) is 71.4 Å². The van der Waals surface area contributed by atoms with Gasteiger partial charge in [-0.1, -0.05) is 30.3 Å².